The predicted molar refractivity (Wildman–Crippen MR) is 71.0 cm³/mol. The zero-order valence-electron chi connectivity index (χ0n) is 11.1. The van der Waals surface area contributed by atoms with Crippen LogP contribution in [0.5, 0.6) is 5.75 Å². The van der Waals surface area contributed by atoms with E-state index in [1.54, 1.807) is 12.1 Å². The molecule has 2 N–H and O–H groups in total. The number of hydrogen-bond acceptors (Lipinski definition) is 3. The van der Waals surface area contributed by atoms with Crippen molar-refractivity contribution in [1.29, 1.82) is 0 Å². The number of rotatable bonds is 9. The summed E-state index contributed by atoms with van der Waals surface area (Å²) in [5, 5.41) is 11.1. The molecule has 0 aliphatic carbocycles. The summed E-state index contributed by atoms with van der Waals surface area (Å²) in [5.74, 6) is -1.30. The SMILES string of the molecule is O=C(O)CCCCC(=O)NCCOc1ccccc1F. The van der Waals surface area contributed by atoms with E-state index in [1.807, 2.05) is 0 Å². The molecule has 1 aromatic carbocycles. The van der Waals surface area contributed by atoms with E-state index in [4.69, 9.17) is 9.84 Å². The largest absolute Gasteiger partial charge is 0.489 e. The monoisotopic (exact) mass is 283 g/mol. The number of hydrogen-bond donors (Lipinski definition) is 2. The van der Waals surface area contributed by atoms with E-state index in [9.17, 15) is 14.0 Å². The maximum atomic E-state index is 13.2. The zero-order chi connectivity index (χ0) is 14.8. The van der Waals surface area contributed by atoms with Gasteiger partial charge in [-0.1, -0.05) is 12.1 Å². The third-order valence-corrected chi connectivity index (χ3v) is 2.56. The normalized spacial score (nSPS) is 10.1. The number of para-hydroxylation sites is 1. The Morgan fingerprint density at radius 2 is 1.90 bits per heavy atom. The molecule has 0 heterocycles. The molecule has 6 heteroatoms. The zero-order valence-corrected chi connectivity index (χ0v) is 11.1. The third kappa shape index (κ3) is 6.72. The van der Waals surface area contributed by atoms with Crippen molar-refractivity contribution in [2.45, 2.75) is 25.7 Å². The first-order chi connectivity index (χ1) is 9.59. The van der Waals surface area contributed by atoms with Gasteiger partial charge in [-0.15, -0.1) is 0 Å². The second-order valence-electron chi connectivity index (χ2n) is 4.23. The lowest BCUT2D eigenvalue weighted by molar-refractivity contribution is -0.137. The van der Waals surface area contributed by atoms with Crippen molar-refractivity contribution in [2.24, 2.45) is 0 Å². The van der Waals surface area contributed by atoms with E-state index in [1.165, 1.54) is 12.1 Å². The summed E-state index contributed by atoms with van der Waals surface area (Å²) >= 11 is 0. The predicted octanol–water partition coefficient (Wildman–Crippen LogP) is 1.97. The summed E-state index contributed by atoms with van der Waals surface area (Å²) in [6.45, 7) is 0.466. The van der Waals surface area contributed by atoms with Crippen molar-refractivity contribution in [2.75, 3.05) is 13.2 Å². The highest BCUT2D eigenvalue weighted by Crippen LogP contribution is 2.14. The number of carboxylic acid groups (broad SMARTS) is 1. The van der Waals surface area contributed by atoms with Crippen molar-refractivity contribution in [3.8, 4) is 5.75 Å². The highest BCUT2D eigenvalue weighted by atomic mass is 19.1. The van der Waals surface area contributed by atoms with Crippen LogP contribution in [0.25, 0.3) is 0 Å². The fraction of sp³-hybridized carbons (Fsp3) is 0.429. The van der Waals surface area contributed by atoms with Crippen molar-refractivity contribution in [3.05, 3.63) is 30.1 Å². The lowest BCUT2D eigenvalue weighted by Crippen LogP contribution is -2.27. The van der Waals surface area contributed by atoms with Gasteiger partial charge in [-0.2, -0.15) is 0 Å². The van der Waals surface area contributed by atoms with Crippen LogP contribution in [-0.2, 0) is 9.59 Å². The van der Waals surface area contributed by atoms with Gasteiger partial charge in [0.25, 0.3) is 0 Å². The summed E-state index contributed by atoms with van der Waals surface area (Å²) < 4.78 is 18.4. The molecule has 0 spiro atoms. The average molecular weight is 283 g/mol. The highest BCUT2D eigenvalue weighted by Gasteiger charge is 2.04. The lowest BCUT2D eigenvalue weighted by Gasteiger charge is -2.08. The van der Waals surface area contributed by atoms with Gasteiger partial charge in [-0.05, 0) is 25.0 Å². The van der Waals surface area contributed by atoms with Gasteiger partial charge in [-0.25, -0.2) is 4.39 Å². The van der Waals surface area contributed by atoms with E-state index < -0.39 is 11.8 Å². The minimum Gasteiger partial charge on any atom is -0.489 e. The Bertz CT molecular complexity index is 451. The van der Waals surface area contributed by atoms with Crippen LogP contribution in [0, 0.1) is 5.82 Å². The van der Waals surface area contributed by atoms with Crippen LogP contribution in [0.15, 0.2) is 24.3 Å². The van der Waals surface area contributed by atoms with Gasteiger partial charge in [0.1, 0.15) is 6.61 Å². The Morgan fingerprint density at radius 1 is 1.20 bits per heavy atom. The topological polar surface area (TPSA) is 75.6 Å². The second-order valence-corrected chi connectivity index (χ2v) is 4.23. The number of aliphatic carboxylic acids is 1. The Balaban J connectivity index is 2.07. The number of carboxylic acids is 1. The number of carbonyl (C=O) groups is 2. The quantitative estimate of drug-likeness (QED) is 0.679. The van der Waals surface area contributed by atoms with Gasteiger partial charge in [0, 0.05) is 12.8 Å². The van der Waals surface area contributed by atoms with E-state index in [-0.39, 0.29) is 37.6 Å². The minimum atomic E-state index is -0.858. The van der Waals surface area contributed by atoms with E-state index >= 15 is 0 Å². The molecule has 0 saturated heterocycles. The fourth-order valence-electron chi connectivity index (χ4n) is 1.56. The van der Waals surface area contributed by atoms with Gasteiger partial charge >= 0.3 is 5.97 Å². The molecule has 0 bridgehead atoms. The molecule has 0 radical (unpaired) electrons. The molecule has 1 aromatic rings. The molecule has 0 saturated carbocycles. The number of carbonyl (C=O) groups excluding carboxylic acids is 1. The molecular formula is C14H18FNO4. The highest BCUT2D eigenvalue weighted by molar-refractivity contribution is 5.75. The molecular weight excluding hydrogens is 265 g/mol. The number of nitrogens with one attached hydrogen (secondary N) is 1. The Labute approximate surface area is 116 Å². The smallest absolute Gasteiger partial charge is 0.303 e. The molecule has 1 rings (SSSR count). The molecule has 110 valence electrons. The van der Waals surface area contributed by atoms with Gasteiger partial charge in [0.2, 0.25) is 5.91 Å². The first-order valence-corrected chi connectivity index (χ1v) is 6.45. The maximum Gasteiger partial charge on any atom is 0.303 e. The van der Waals surface area contributed by atoms with Crippen molar-refractivity contribution in [3.63, 3.8) is 0 Å². The van der Waals surface area contributed by atoms with Crippen molar-refractivity contribution >= 4 is 11.9 Å². The molecule has 5 nitrogen and oxygen atoms in total. The van der Waals surface area contributed by atoms with Gasteiger partial charge in [0.05, 0.1) is 6.54 Å². The number of halogens is 1. The second kappa shape index (κ2) is 8.90. The first-order valence-electron chi connectivity index (χ1n) is 6.45. The maximum absolute atomic E-state index is 13.2. The Hall–Kier alpha value is -2.11. The summed E-state index contributed by atoms with van der Waals surface area (Å²) in [7, 11) is 0. The average Bonchev–Trinajstić information content (AvgIpc) is 2.41. The molecule has 0 unspecified atom stereocenters. The first kappa shape index (κ1) is 15.9. The molecule has 20 heavy (non-hydrogen) atoms. The standard InChI is InChI=1S/C14H18FNO4/c15-11-5-1-2-6-12(11)20-10-9-16-13(17)7-3-4-8-14(18)19/h1-2,5-6H,3-4,7-10H2,(H,16,17)(H,18,19). The fourth-order valence-corrected chi connectivity index (χ4v) is 1.56. The number of benzene rings is 1. The lowest BCUT2D eigenvalue weighted by atomic mass is 10.2. The molecule has 0 aliphatic rings. The van der Waals surface area contributed by atoms with Crippen LogP contribution >= 0.6 is 0 Å². The Kier molecular flexibility index (Phi) is 7.10. The van der Waals surface area contributed by atoms with Crippen molar-refractivity contribution < 1.29 is 23.8 Å². The van der Waals surface area contributed by atoms with Crippen LogP contribution in [0.2, 0.25) is 0 Å². The van der Waals surface area contributed by atoms with Gasteiger partial charge in [0.15, 0.2) is 11.6 Å². The summed E-state index contributed by atoms with van der Waals surface area (Å²) in [5.41, 5.74) is 0. The number of amides is 1. The van der Waals surface area contributed by atoms with Crippen LogP contribution < -0.4 is 10.1 Å². The summed E-state index contributed by atoms with van der Waals surface area (Å²) in [6.07, 6.45) is 1.37. The van der Waals surface area contributed by atoms with Crippen LogP contribution in [0.3, 0.4) is 0 Å². The molecule has 0 aliphatic heterocycles. The van der Waals surface area contributed by atoms with Crippen LogP contribution in [0.4, 0.5) is 4.39 Å². The third-order valence-electron chi connectivity index (χ3n) is 2.56. The van der Waals surface area contributed by atoms with E-state index in [2.05, 4.69) is 5.32 Å². The number of unbranched alkanes of at least 4 members (excludes halogenated alkanes) is 1. The number of ether oxygens (including phenoxy) is 1. The summed E-state index contributed by atoms with van der Waals surface area (Å²) in [4.78, 5) is 21.6. The van der Waals surface area contributed by atoms with E-state index in [0.29, 0.717) is 12.8 Å². The minimum absolute atomic E-state index is 0.0731. The molecule has 0 atom stereocenters. The van der Waals surface area contributed by atoms with Crippen LogP contribution in [0.1, 0.15) is 25.7 Å². The molecule has 0 aromatic heterocycles. The van der Waals surface area contributed by atoms with E-state index in [0.717, 1.165) is 0 Å². The van der Waals surface area contributed by atoms with Crippen molar-refractivity contribution in [1.82, 2.24) is 5.32 Å². The van der Waals surface area contributed by atoms with Crippen LogP contribution in [-0.4, -0.2) is 30.1 Å². The van der Waals surface area contributed by atoms with Gasteiger partial charge in [-0.3, -0.25) is 9.59 Å². The molecule has 1 amide bonds. The summed E-state index contributed by atoms with van der Waals surface area (Å²) in [6, 6.07) is 6.06. The van der Waals surface area contributed by atoms with Gasteiger partial charge < -0.3 is 15.2 Å². The molecule has 0 fully saturated rings. The Morgan fingerprint density at radius 3 is 2.60 bits per heavy atom.